The largest absolute Gasteiger partial charge is 0.455 e. The Labute approximate surface area is 204 Å². The second-order valence-electron chi connectivity index (χ2n) is 9.51. The standard InChI is InChI=1S/C31H18N4O/c1-34-24-12-5-3-10-22(24)33-31(34)21-9-6-8-17-18-13-14-25-26(30(18)36-29(17)21)20-15-16-32-27-19-7-2-4-11-23(19)35(25)28(20)27/h2-16H,1H3. The summed E-state index contributed by atoms with van der Waals surface area (Å²) in [7, 11) is 2.07. The quantitative estimate of drug-likeness (QED) is 0.251. The first-order valence-corrected chi connectivity index (χ1v) is 12.1. The zero-order valence-electron chi connectivity index (χ0n) is 19.4. The molecule has 0 spiro atoms. The van der Waals surface area contributed by atoms with Crippen LogP contribution in [0.15, 0.2) is 95.5 Å². The molecule has 0 saturated carbocycles. The zero-order valence-corrected chi connectivity index (χ0v) is 19.4. The molecule has 0 amide bonds. The fourth-order valence-electron chi connectivity index (χ4n) is 6.18. The number of rotatable bonds is 1. The van der Waals surface area contributed by atoms with Crippen LogP contribution in [-0.2, 0) is 7.05 Å². The number of aromatic nitrogens is 4. The summed E-state index contributed by atoms with van der Waals surface area (Å²) >= 11 is 0. The summed E-state index contributed by atoms with van der Waals surface area (Å²) in [6.07, 6.45) is 1.91. The topological polar surface area (TPSA) is 48.3 Å². The maximum atomic E-state index is 6.79. The molecule has 0 radical (unpaired) electrons. The van der Waals surface area contributed by atoms with E-state index in [4.69, 9.17) is 14.4 Å². The van der Waals surface area contributed by atoms with Gasteiger partial charge in [0, 0.05) is 34.8 Å². The molecule has 0 N–H and O–H groups in total. The van der Waals surface area contributed by atoms with Crippen LogP contribution in [0.5, 0.6) is 0 Å². The van der Waals surface area contributed by atoms with Gasteiger partial charge < -0.3 is 13.4 Å². The minimum Gasteiger partial charge on any atom is -0.455 e. The molecule has 0 aliphatic rings. The van der Waals surface area contributed by atoms with Gasteiger partial charge in [-0.3, -0.25) is 4.98 Å². The van der Waals surface area contributed by atoms with Gasteiger partial charge in [-0.15, -0.1) is 0 Å². The van der Waals surface area contributed by atoms with Crippen LogP contribution in [0.1, 0.15) is 0 Å². The highest BCUT2D eigenvalue weighted by Crippen LogP contribution is 2.44. The third-order valence-electron chi connectivity index (χ3n) is 7.73. The van der Waals surface area contributed by atoms with Gasteiger partial charge in [-0.2, -0.15) is 0 Å². The Balaban J connectivity index is 1.46. The number of aryl methyl sites for hydroxylation is 1. The van der Waals surface area contributed by atoms with Crippen LogP contribution in [0.4, 0.5) is 0 Å². The molecule has 9 aromatic rings. The summed E-state index contributed by atoms with van der Waals surface area (Å²) in [4.78, 5) is 9.71. The van der Waals surface area contributed by atoms with Gasteiger partial charge in [0.05, 0.1) is 44.0 Å². The summed E-state index contributed by atoms with van der Waals surface area (Å²) < 4.78 is 11.3. The van der Waals surface area contributed by atoms with Gasteiger partial charge in [0.2, 0.25) is 0 Å². The monoisotopic (exact) mass is 462 g/mol. The van der Waals surface area contributed by atoms with E-state index in [0.717, 1.165) is 66.3 Å². The molecule has 0 aliphatic carbocycles. The first-order chi connectivity index (χ1) is 17.8. The van der Waals surface area contributed by atoms with Gasteiger partial charge in [0.15, 0.2) is 0 Å². The zero-order chi connectivity index (χ0) is 23.5. The Morgan fingerprint density at radius 1 is 0.667 bits per heavy atom. The Morgan fingerprint density at radius 3 is 2.39 bits per heavy atom. The van der Waals surface area contributed by atoms with Crippen LogP contribution in [0, 0.1) is 0 Å². The lowest BCUT2D eigenvalue weighted by Crippen LogP contribution is -1.92. The van der Waals surface area contributed by atoms with Crippen molar-refractivity contribution in [3.8, 4) is 11.4 Å². The average molecular weight is 463 g/mol. The molecule has 5 heteroatoms. The predicted molar refractivity (Wildman–Crippen MR) is 146 cm³/mol. The second kappa shape index (κ2) is 6.20. The van der Waals surface area contributed by atoms with Gasteiger partial charge in [-0.25, -0.2) is 4.98 Å². The summed E-state index contributed by atoms with van der Waals surface area (Å²) in [6.45, 7) is 0. The van der Waals surface area contributed by atoms with E-state index >= 15 is 0 Å². The lowest BCUT2D eigenvalue weighted by Gasteiger charge is -2.03. The van der Waals surface area contributed by atoms with Crippen LogP contribution >= 0.6 is 0 Å². The Kier molecular flexibility index (Phi) is 3.18. The first kappa shape index (κ1) is 18.4. The highest BCUT2D eigenvalue weighted by atomic mass is 16.3. The van der Waals surface area contributed by atoms with E-state index in [1.807, 2.05) is 18.3 Å². The number of furan rings is 1. The molecular formula is C31H18N4O. The average Bonchev–Trinajstić information content (AvgIpc) is 3.65. The summed E-state index contributed by atoms with van der Waals surface area (Å²) in [6, 6.07) is 29.6. The molecule has 168 valence electrons. The van der Waals surface area contributed by atoms with Crippen molar-refractivity contribution >= 4 is 71.2 Å². The number of imidazole rings is 1. The molecule has 0 bridgehead atoms. The van der Waals surface area contributed by atoms with E-state index in [0.29, 0.717) is 0 Å². The van der Waals surface area contributed by atoms with E-state index in [-0.39, 0.29) is 0 Å². The SMILES string of the molecule is Cn1c(-c2cccc3c2oc2c3ccc3c2c2ccnc4c5ccccc5n3c24)nc2ccccc21. The van der Waals surface area contributed by atoms with Crippen molar-refractivity contribution in [2.24, 2.45) is 7.05 Å². The van der Waals surface area contributed by atoms with Gasteiger partial charge in [-0.05, 0) is 42.5 Å². The van der Waals surface area contributed by atoms with Gasteiger partial charge in [-0.1, -0.05) is 42.5 Å². The molecule has 36 heavy (non-hydrogen) atoms. The molecule has 9 rings (SSSR count). The molecule has 0 fully saturated rings. The molecule has 0 saturated heterocycles. The fourth-order valence-corrected chi connectivity index (χ4v) is 6.18. The van der Waals surface area contributed by atoms with Crippen LogP contribution in [0.3, 0.4) is 0 Å². The molecule has 0 atom stereocenters. The molecule has 0 aliphatic heterocycles. The van der Waals surface area contributed by atoms with Gasteiger partial charge in [0.25, 0.3) is 0 Å². The number of benzene rings is 4. The van der Waals surface area contributed by atoms with E-state index < -0.39 is 0 Å². The van der Waals surface area contributed by atoms with Crippen molar-refractivity contribution in [1.29, 1.82) is 0 Å². The highest BCUT2D eigenvalue weighted by Gasteiger charge is 2.23. The smallest absolute Gasteiger partial charge is 0.146 e. The molecule has 5 aromatic heterocycles. The summed E-state index contributed by atoms with van der Waals surface area (Å²) in [5, 5.41) is 5.69. The van der Waals surface area contributed by atoms with E-state index in [2.05, 4.69) is 88.8 Å². The van der Waals surface area contributed by atoms with Crippen molar-refractivity contribution in [2.75, 3.05) is 0 Å². The number of hydrogen-bond acceptors (Lipinski definition) is 3. The maximum absolute atomic E-state index is 6.79. The van der Waals surface area contributed by atoms with Crippen LogP contribution in [-0.4, -0.2) is 18.9 Å². The number of pyridine rings is 1. The van der Waals surface area contributed by atoms with Gasteiger partial charge >= 0.3 is 0 Å². The second-order valence-corrected chi connectivity index (χ2v) is 9.51. The number of para-hydroxylation sites is 4. The fraction of sp³-hybridized carbons (Fsp3) is 0.0323. The lowest BCUT2D eigenvalue weighted by molar-refractivity contribution is 0.673. The predicted octanol–water partition coefficient (Wildman–Crippen LogP) is 7.68. The molecule has 5 nitrogen and oxygen atoms in total. The lowest BCUT2D eigenvalue weighted by atomic mass is 10.1. The minimum absolute atomic E-state index is 0.867. The van der Waals surface area contributed by atoms with Crippen molar-refractivity contribution in [1.82, 2.24) is 18.9 Å². The van der Waals surface area contributed by atoms with Gasteiger partial charge in [0.1, 0.15) is 17.0 Å². The van der Waals surface area contributed by atoms with Crippen LogP contribution < -0.4 is 0 Å². The Hall–Kier alpha value is -4.90. The third-order valence-corrected chi connectivity index (χ3v) is 7.73. The minimum atomic E-state index is 0.867. The van der Waals surface area contributed by atoms with Crippen molar-refractivity contribution in [2.45, 2.75) is 0 Å². The van der Waals surface area contributed by atoms with Crippen LogP contribution in [0.2, 0.25) is 0 Å². The maximum Gasteiger partial charge on any atom is 0.146 e. The molecule has 4 aromatic carbocycles. The van der Waals surface area contributed by atoms with E-state index in [1.165, 1.54) is 16.3 Å². The van der Waals surface area contributed by atoms with E-state index in [9.17, 15) is 0 Å². The van der Waals surface area contributed by atoms with Crippen molar-refractivity contribution in [3.05, 3.63) is 91.1 Å². The third kappa shape index (κ3) is 2.04. The number of nitrogens with zero attached hydrogens (tertiary/aromatic N) is 4. The normalized spacial score (nSPS) is 12.6. The van der Waals surface area contributed by atoms with Crippen LogP contribution in [0.25, 0.3) is 82.6 Å². The molecular weight excluding hydrogens is 444 g/mol. The van der Waals surface area contributed by atoms with Crippen molar-refractivity contribution < 1.29 is 4.42 Å². The molecule has 5 heterocycles. The van der Waals surface area contributed by atoms with E-state index in [1.54, 1.807) is 0 Å². The number of hydrogen-bond donors (Lipinski definition) is 0. The summed E-state index contributed by atoms with van der Waals surface area (Å²) in [5.74, 6) is 0.904. The highest BCUT2D eigenvalue weighted by molar-refractivity contribution is 6.29. The first-order valence-electron chi connectivity index (χ1n) is 12.1. The molecule has 0 unspecified atom stereocenters. The number of fused-ring (bicyclic) bond motifs is 11. The van der Waals surface area contributed by atoms with Crippen molar-refractivity contribution in [3.63, 3.8) is 0 Å². The Bertz CT molecular complexity index is 2330. The summed E-state index contributed by atoms with van der Waals surface area (Å²) in [5.41, 5.74) is 9.35. The Morgan fingerprint density at radius 2 is 1.47 bits per heavy atom.